The van der Waals surface area contributed by atoms with Crippen LogP contribution in [0.5, 0.6) is 11.5 Å². The lowest BCUT2D eigenvalue weighted by atomic mass is 10.2. The Morgan fingerprint density at radius 3 is 2.91 bits per heavy atom. The second-order valence-corrected chi connectivity index (χ2v) is 5.36. The number of hydrogen-bond acceptors (Lipinski definition) is 6. The fourth-order valence-corrected chi connectivity index (χ4v) is 2.67. The maximum absolute atomic E-state index is 12.0. The minimum absolute atomic E-state index is 0.0966. The second-order valence-electron chi connectivity index (χ2n) is 4.51. The van der Waals surface area contributed by atoms with Gasteiger partial charge in [-0.3, -0.25) is 4.79 Å². The minimum atomic E-state index is -0.440. The van der Waals surface area contributed by atoms with E-state index in [0.29, 0.717) is 11.5 Å². The molecule has 0 bridgehead atoms. The highest BCUT2D eigenvalue weighted by atomic mass is 32.1. The molecule has 22 heavy (non-hydrogen) atoms. The Kier molecular flexibility index (Phi) is 3.80. The smallest absolute Gasteiger partial charge is 0.255 e. The van der Waals surface area contributed by atoms with Crippen LogP contribution in [0.1, 0.15) is 16.1 Å². The molecule has 2 heterocycles. The molecule has 0 aliphatic carbocycles. The molecule has 0 fully saturated rings. The van der Waals surface area contributed by atoms with Crippen LogP contribution in [0, 0.1) is 0 Å². The van der Waals surface area contributed by atoms with Gasteiger partial charge in [-0.1, -0.05) is 0 Å². The van der Waals surface area contributed by atoms with Gasteiger partial charge in [0.25, 0.3) is 5.91 Å². The summed E-state index contributed by atoms with van der Waals surface area (Å²) in [5, 5.41) is 24.1. The molecular weight excluding hydrogens is 304 g/mol. The summed E-state index contributed by atoms with van der Waals surface area (Å²) in [5.74, 6) is -0.132. The highest BCUT2D eigenvalue weighted by molar-refractivity contribution is 7.13. The third-order valence-corrected chi connectivity index (χ3v) is 3.85. The average Bonchev–Trinajstić information content (AvgIpc) is 3.16. The van der Waals surface area contributed by atoms with Crippen LogP contribution in [-0.4, -0.2) is 21.1 Å². The fraction of sp³-hybridized carbons (Fsp3) is 0.0667. The minimum Gasteiger partial charge on any atom is -0.508 e. The van der Waals surface area contributed by atoms with Gasteiger partial charge in [0.05, 0.1) is 24.1 Å². The molecular formula is C15H12N2O4S. The van der Waals surface area contributed by atoms with Crippen LogP contribution in [-0.2, 0) is 6.54 Å². The number of phenolic OH excluding ortho intramolecular Hbond substituents is 2. The summed E-state index contributed by atoms with van der Waals surface area (Å²) in [6.45, 7) is 0.232. The van der Waals surface area contributed by atoms with E-state index in [9.17, 15) is 15.0 Å². The van der Waals surface area contributed by atoms with Crippen molar-refractivity contribution in [3.63, 3.8) is 0 Å². The van der Waals surface area contributed by atoms with Crippen molar-refractivity contribution >= 4 is 17.2 Å². The first kappa shape index (κ1) is 14.2. The average molecular weight is 316 g/mol. The number of phenols is 2. The van der Waals surface area contributed by atoms with Gasteiger partial charge in [0.1, 0.15) is 11.5 Å². The van der Waals surface area contributed by atoms with Crippen molar-refractivity contribution in [1.29, 1.82) is 0 Å². The van der Waals surface area contributed by atoms with Crippen molar-refractivity contribution in [2.45, 2.75) is 6.54 Å². The molecule has 3 N–H and O–H groups in total. The van der Waals surface area contributed by atoms with Crippen molar-refractivity contribution in [3.05, 3.63) is 53.2 Å². The standard InChI is InChI=1S/C15H12N2O4S/c18-10-3-4-11(12(19)6-10)14(20)16-7-9-8-22-15(17-9)13-2-1-5-21-13/h1-6,8,18-19H,7H2,(H,16,20). The molecule has 0 spiro atoms. The van der Waals surface area contributed by atoms with Crippen molar-refractivity contribution in [3.8, 4) is 22.3 Å². The van der Waals surface area contributed by atoms with Gasteiger partial charge < -0.3 is 19.9 Å². The molecule has 1 amide bonds. The van der Waals surface area contributed by atoms with E-state index in [2.05, 4.69) is 10.3 Å². The number of aromatic nitrogens is 1. The predicted octanol–water partition coefficient (Wildman–Crippen LogP) is 2.74. The van der Waals surface area contributed by atoms with Crippen LogP contribution >= 0.6 is 11.3 Å². The molecule has 6 nitrogen and oxygen atoms in total. The van der Waals surface area contributed by atoms with E-state index in [4.69, 9.17) is 4.42 Å². The molecule has 0 saturated heterocycles. The first-order chi connectivity index (χ1) is 10.6. The molecule has 0 unspecified atom stereocenters. The van der Waals surface area contributed by atoms with E-state index in [1.54, 1.807) is 12.3 Å². The third-order valence-electron chi connectivity index (χ3n) is 2.94. The van der Waals surface area contributed by atoms with Gasteiger partial charge in [-0.15, -0.1) is 11.3 Å². The zero-order valence-corrected chi connectivity index (χ0v) is 12.1. The summed E-state index contributed by atoms with van der Waals surface area (Å²) in [4.78, 5) is 16.4. The number of nitrogens with one attached hydrogen (secondary N) is 1. The first-order valence-corrected chi connectivity index (χ1v) is 7.30. The second kappa shape index (κ2) is 5.90. The Labute approximate surface area is 129 Å². The van der Waals surface area contributed by atoms with Gasteiger partial charge in [0, 0.05) is 11.4 Å². The molecule has 1 aromatic carbocycles. The van der Waals surface area contributed by atoms with Crippen molar-refractivity contribution in [2.75, 3.05) is 0 Å². The van der Waals surface area contributed by atoms with Gasteiger partial charge >= 0.3 is 0 Å². The Morgan fingerprint density at radius 2 is 2.18 bits per heavy atom. The van der Waals surface area contributed by atoms with Crippen molar-refractivity contribution in [1.82, 2.24) is 10.3 Å². The summed E-state index contributed by atoms with van der Waals surface area (Å²) in [5.41, 5.74) is 0.794. The Hall–Kier alpha value is -2.80. The molecule has 112 valence electrons. The Morgan fingerprint density at radius 1 is 1.32 bits per heavy atom. The van der Waals surface area contributed by atoms with Gasteiger partial charge in [0.2, 0.25) is 0 Å². The number of nitrogens with zero attached hydrogens (tertiary/aromatic N) is 1. The van der Waals surface area contributed by atoms with Crippen LogP contribution in [0.4, 0.5) is 0 Å². The molecule has 0 atom stereocenters. The van der Waals surface area contributed by atoms with Crippen LogP contribution in [0.2, 0.25) is 0 Å². The molecule has 7 heteroatoms. The summed E-state index contributed by atoms with van der Waals surface area (Å²) < 4.78 is 5.26. The number of hydrogen-bond donors (Lipinski definition) is 3. The van der Waals surface area contributed by atoms with Gasteiger partial charge in [-0.05, 0) is 24.3 Å². The summed E-state index contributed by atoms with van der Waals surface area (Å²) in [6.07, 6.45) is 1.58. The van der Waals surface area contributed by atoms with Crippen LogP contribution in [0.15, 0.2) is 46.4 Å². The van der Waals surface area contributed by atoms with Crippen molar-refractivity contribution < 1.29 is 19.4 Å². The van der Waals surface area contributed by atoms with Crippen molar-refractivity contribution in [2.24, 2.45) is 0 Å². The zero-order chi connectivity index (χ0) is 15.5. The summed E-state index contributed by atoms with van der Waals surface area (Å²) in [6, 6.07) is 7.41. The topological polar surface area (TPSA) is 95.6 Å². The normalized spacial score (nSPS) is 10.5. The number of rotatable bonds is 4. The fourth-order valence-electron chi connectivity index (χ4n) is 1.88. The van der Waals surface area contributed by atoms with E-state index >= 15 is 0 Å². The molecule has 3 rings (SSSR count). The lowest BCUT2D eigenvalue weighted by Crippen LogP contribution is -2.23. The quantitative estimate of drug-likeness (QED) is 0.688. The number of furan rings is 1. The first-order valence-electron chi connectivity index (χ1n) is 6.42. The maximum Gasteiger partial charge on any atom is 0.255 e. The lowest BCUT2D eigenvalue weighted by Gasteiger charge is -2.05. The predicted molar refractivity (Wildman–Crippen MR) is 80.8 cm³/mol. The highest BCUT2D eigenvalue weighted by Gasteiger charge is 2.13. The highest BCUT2D eigenvalue weighted by Crippen LogP contribution is 2.24. The number of amides is 1. The Bertz CT molecular complexity index is 796. The van der Waals surface area contributed by atoms with Crippen LogP contribution < -0.4 is 5.32 Å². The monoisotopic (exact) mass is 316 g/mol. The van der Waals surface area contributed by atoms with E-state index < -0.39 is 5.91 Å². The lowest BCUT2D eigenvalue weighted by molar-refractivity contribution is 0.0948. The zero-order valence-electron chi connectivity index (χ0n) is 11.3. The molecule has 0 radical (unpaired) electrons. The van der Waals surface area contributed by atoms with E-state index in [1.807, 2.05) is 11.4 Å². The van der Waals surface area contributed by atoms with Crippen LogP contribution in [0.25, 0.3) is 10.8 Å². The number of benzene rings is 1. The third kappa shape index (κ3) is 2.94. The molecule has 0 aliphatic heterocycles. The summed E-state index contributed by atoms with van der Waals surface area (Å²) in [7, 11) is 0. The number of aromatic hydroxyl groups is 2. The Balaban J connectivity index is 1.66. The van der Waals surface area contributed by atoms with Gasteiger partial charge in [0.15, 0.2) is 10.8 Å². The van der Waals surface area contributed by atoms with Gasteiger partial charge in [-0.25, -0.2) is 4.98 Å². The number of thiazole rings is 1. The van der Waals surface area contributed by atoms with Gasteiger partial charge in [-0.2, -0.15) is 0 Å². The molecule has 2 aromatic heterocycles. The summed E-state index contributed by atoms with van der Waals surface area (Å²) >= 11 is 1.42. The largest absolute Gasteiger partial charge is 0.508 e. The number of carbonyl (C=O) groups excluding carboxylic acids is 1. The maximum atomic E-state index is 12.0. The SMILES string of the molecule is O=C(NCc1csc(-c2ccco2)n1)c1ccc(O)cc1O. The van der Waals surface area contributed by atoms with E-state index in [-0.39, 0.29) is 23.6 Å². The number of carbonyl (C=O) groups is 1. The van der Waals surface area contributed by atoms with Crippen LogP contribution in [0.3, 0.4) is 0 Å². The molecule has 0 saturated carbocycles. The van der Waals surface area contributed by atoms with E-state index in [0.717, 1.165) is 11.1 Å². The molecule has 0 aliphatic rings. The molecule has 3 aromatic rings. The van der Waals surface area contributed by atoms with E-state index in [1.165, 1.54) is 23.5 Å².